The summed E-state index contributed by atoms with van der Waals surface area (Å²) < 4.78 is 5.51. The molecule has 0 bridgehead atoms. The summed E-state index contributed by atoms with van der Waals surface area (Å²) in [7, 11) is 1.61. The fourth-order valence-corrected chi connectivity index (χ4v) is 2.25. The first-order valence-electron chi connectivity index (χ1n) is 6.39. The Kier molecular flexibility index (Phi) is 6.78. The summed E-state index contributed by atoms with van der Waals surface area (Å²) in [6, 6.07) is 4.71. The Labute approximate surface area is 133 Å². The molecule has 7 heteroatoms. The van der Waals surface area contributed by atoms with Crippen LogP contribution in [0.2, 0.25) is 10.0 Å². The number of nitrogens with zero attached hydrogens (tertiary/aromatic N) is 1. The van der Waals surface area contributed by atoms with E-state index in [4.69, 9.17) is 33.0 Å². The van der Waals surface area contributed by atoms with E-state index in [1.54, 1.807) is 32.2 Å². The average molecular weight is 334 g/mol. The zero-order valence-electron chi connectivity index (χ0n) is 11.8. The second-order valence-electron chi connectivity index (χ2n) is 4.62. The Morgan fingerprint density at radius 1 is 1.29 bits per heavy atom. The third-order valence-corrected chi connectivity index (χ3v) is 3.19. The maximum atomic E-state index is 12.1. The molecule has 1 aromatic rings. The summed E-state index contributed by atoms with van der Waals surface area (Å²) in [5.41, 5.74) is 0. The number of rotatable bonds is 7. The van der Waals surface area contributed by atoms with Crippen LogP contribution in [0.25, 0.3) is 0 Å². The molecule has 1 atom stereocenters. The Morgan fingerprint density at radius 2 is 1.86 bits per heavy atom. The molecule has 1 aromatic carbocycles. The summed E-state index contributed by atoms with van der Waals surface area (Å²) in [6.45, 7) is 1.97. The number of halogens is 2. The molecule has 0 aliphatic carbocycles. The first kappa shape index (κ1) is 17.6. The van der Waals surface area contributed by atoms with E-state index >= 15 is 0 Å². The molecule has 1 rings (SSSR count). The van der Waals surface area contributed by atoms with Crippen LogP contribution in [-0.2, 0) is 9.59 Å². The van der Waals surface area contributed by atoms with Crippen molar-refractivity contribution in [3.05, 3.63) is 28.2 Å². The molecule has 1 unspecified atom stereocenters. The first-order chi connectivity index (χ1) is 9.79. The number of carboxylic acids is 1. The number of aliphatic carboxylic acids is 1. The maximum absolute atomic E-state index is 12.1. The standard InChI is InChI=1S/C14H17Cl2NO4/c1-9(14(20)17(2)5-3-4-13(18)19)21-12-7-10(15)6-11(16)8-12/h6-9H,3-5H2,1-2H3,(H,18,19). The normalized spacial score (nSPS) is 11.8. The summed E-state index contributed by atoms with van der Waals surface area (Å²) in [4.78, 5) is 24.0. The number of carbonyl (C=O) groups excluding carboxylic acids is 1. The molecule has 0 heterocycles. The number of carbonyl (C=O) groups is 2. The molecule has 0 radical (unpaired) electrons. The van der Waals surface area contributed by atoms with Gasteiger partial charge in [0, 0.05) is 30.1 Å². The number of amides is 1. The van der Waals surface area contributed by atoms with E-state index < -0.39 is 12.1 Å². The third kappa shape index (κ3) is 6.23. The van der Waals surface area contributed by atoms with E-state index in [0.717, 1.165) is 0 Å². The molecule has 0 aromatic heterocycles. The van der Waals surface area contributed by atoms with Gasteiger partial charge in [0.25, 0.3) is 5.91 Å². The van der Waals surface area contributed by atoms with Gasteiger partial charge in [0.05, 0.1) is 0 Å². The number of benzene rings is 1. The lowest BCUT2D eigenvalue weighted by Gasteiger charge is -2.22. The van der Waals surface area contributed by atoms with E-state index in [-0.39, 0.29) is 12.3 Å². The van der Waals surface area contributed by atoms with Crippen molar-refractivity contribution in [3.8, 4) is 5.75 Å². The minimum Gasteiger partial charge on any atom is -0.481 e. The number of hydrogen-bond donors (Lipinski definition) is 1. The van der Waals surface area contributed by atoms with Gasteiger partial charge in [-0.2, -0.15) is 0 Å². The minimum atomic E-state index is -0.881. The molecule has 0 aliphatic rings. The van der Waals surface area contributed by atoms with Gasteiger partial charge in [0.1, 0.15) is 5.75 Å². The highest BCUT2D eigenvalue weighted by molar-refractivity contribution is 6.34. The van der Waals surface area contributed by atoms with Crippen LogP contribution in [0.3, 0.4) is 0 Å². The average Bonchev–Trinajstić information content (AvgIpc) is 2.35. The largest absolute Gasteiger partial charge is 0.481 e. The predicted molar refractivity (Wildman–Crippen MR) is 81.1 cm³/mol. The molecule has 0 saturated carbocycles. The number of ether oxygens (including phenoxy) is 1. The summed E-state index contributed by atoms with van der Waals surface area (Å²) >= 11 is 11.7. The van der Waals surface area contributed by atoms with Crippen molar-refractivity contribution in [2.24, 2.45) is 0 Å². The van der Waals surface area contributed by atoms with Gasteiger partial charge < -0.3 is 14.7 Å². The van der Waals surface area contributed by atoms with Crippen LogP contribution in [0, 0.1) is 0 Å². The van der Waals surface area contributed by atoms with Crippen molar-refractivity contribution < 1.29 is 19.4 Å². The van der Waals surface area contributed by atoms with Gasteiger partial charge >= 0.3 is 5.97 Å². The zero-order valence-corrected chi connectivity index (χ0v) is 13.3. The molecule has 116 valence electrons. The van der Waals surface area contributed by atoms with Crippen LogP contribution in [0.5, 0.6) is 5.75 Å². The van der Waals surface area contributed by atoms with E-state index in [2.05, 4.69) is 0 Å². The molecule has 1 amide bonds. The molecule has 1 N–H and O–H groups in total. The predicted octanol–water partition coefficient (Wildman–Crippen LogP) is 3.08. The van der Waals surface area contributed by atoms with Gasteiger partial charge in [-0.15, -0.1) is 0 Å². The number of likely N-dealkylation sites (N-methyl/N-ethyl adjacent to an activating group) is 1. The number of carboxylic acid groups (broad SMARTS) is 1. The lowest BCUT2D eigenvalue weighted by Crippen LogP contribution is -2.38. The Balaban J connectivity index is 2.55. The van der Waals surface area contributed by atoms with Crippen molar-refractivity contribution in [2.45, 2.75) is 25.9 Å². The summed E-state index contributed by atoms with van der Waals surface area (Å²) in [5.74, 6) is -0.711. The Morgan fingerprint density at radius 3 is 2.38 bits per heavy atom. The molecule has 0 fully saturated rings. The molecule has 0 spiro atoms. The lowest BCUT2D eigenvalue weighted by molar-refractivity contribution is -0.139. The van der Waals surface area contributed by atoms with Gasteiger partial charge in [-0.25, -0.2) is 0 Å². The van der Waals surface area contributed by atoms with Crippen LogP contribution in [0.15, 0.2) is 18.2 Å². The fourth-order valence-electron chi connectivity index (χ4n) is 1.74. The van der Waals surface area contributed by atoms with Crippen molar-refractivity contribution in [1.82, 2.24) is 4.90 Å². The van der Waals surface area contributed by atoms with Gasteiger partial charge in [0.15, 0.2) is 6.10 Å². The van der Waals surface area contributed by atoms with E-state index in [1.165, 1.54) is 4.90 Å². The first-order valence-corrected chi connectivity index (χ1v) is 7.14. The van der Waals surface area contributed by atoms with Crippen molar-refractivity contribution in [1.29, 1.82) is 0 Å². The highest BCUT2D eigenvalue weighted by atomic mass is 35.5. The molecule has 0 saturated heterocycles. The Hall–Kier alpha value is -1.46. The van der Waals surface area contributed by atoms with Gasteiger partial charge in [-0.3, -0.25) is 9.59 Å². The summed E-state index contributed by atoms with van der Waals surface area (Å²) in [6.07, 6.45) is -0.293. The van der Waals surface area contributed by atoms with Crippen LogP contribution in [0.4, 0.5) is 0 Å². The molecule has 0 aliphatic heterocycles. The smallest absolute Gasteiger partial charge is 0.303 e. The van der Waals surface area contributed by atoms with Gasteiger partial charge in [0.2, 0.25) is 0 Å². The Bertz CT molecular complexity index is 501. The van der Waals surface area contributed by atoms with Crippen LogP contribution < -0.4 is 4.74 Å². The topological polar surface area (TPSA) is 66.8 Å². The van der Waals surface area contributed by atoms with Gasteiger partial charge in [-0.1, -0.05) is 23.2 Å². The lowest BCUT2D eigenvalue weighted by atomic mass is 10.2. The van der Waals surface area contributed by atoms with Crippen molar-refractivity contribution in [2.75, 3.05) is 13.6 Å². The zero-order chi connectivity index (χ0) is 16.0. The molecular formula is C14H17Cl2NO4. The highest BCUT2D eigenvalue weighted by Gasteiger charge is 2.19. The minimum absolute atomic E-state index is 0.0246. The monoisotopic (exact) mass is 333 g/mol. The van der Waals surface area contributed by atoms with E-state index in [1.807, 2.05) is 0 Å². The van der Waals surface area contributed by atoms with E-state index in [9.17, 15) is 9.59 Å². The van der Waals surface area contributed by atoms with Crippen LogP contribution in [0.1, 0.15) is 19.8 Å². The number of hydrogen-bond acceptors (Lipinski definition) is 3. The fraction of sp³-hybridized carbons (Fsp3) is 0.429. The van der Waals surface area contributed by atoms with Crippen LogP contribution in [-0.4, -0.2) is 41.6 Å². The molecule has 5 nitrogen and oxygen atoms in total. The quantitative estimate of drug-likeness (QED) is 0.832. The van der Waals surface area contributed by atoms with Crippen molar-refractivity contribution >= 4 is 35.1 Å². The van der Waals surface area contributed by atoms with Crippen LogP contribution >= 0.6 is 23.2 Å². The second kappa shape index (κ2) is 8.10. The maximum Gasteiger partial charge on any atom is 0.303 e. The highest BCUT2D eigenvalue weighted by Crippen LogP contribution is 2.25. The van der Waals surface area contributed by atoms with Crippen molar-refractivity contribution in [3.63, 3.8) is 0 Å². The van der Waals surface area contributed by atoms with E-state index in [0.29, 0.717) is 28.8 Å². The second-order valence-corrected chi connectivity index (χ2v) is 5.50. The van der Waals surface area contributed by atoms with Gasteiger partial charge in [-0.05, 0) is 31.5 Å². The summed E-state index contributed by atoms with van der Waals surface area (Å²) in [5, 5.41) is 9.41. The third-order valence-electron chi connectivity index (χ3n) is 2.76. The molecule has 21 heavy (non-hydrogen) atoms. The SMILES string of the molecule is CC(Oc1cc(Cl)cc(Cl)c1)C(=O)N(C)CCCC(=O)O. The molecular weight excluding hydrogens is 317 g/mol.